The predicted octanol–water partition coefficient (Wildman–Crippen LogP) is 0.448. The molecule has 2 aliphatic heterocycles. The summed E-state index contributed by atoms with van der Waals surface area (Å²) in [6, 6.07) is -1.12. The minimum absolute atomic E-state index is 0.0647. The molecule has 0 radical (unpaired) electrons. The summed E-state index contributed by atoms with van der Waals surface area (Å²) in [4.78, 5) is 58.9. The molecule has 1 atom stereocenters. The number of carbonyl (C=O) groups is 4. The van der Waals surface area contributed by atoms with E-state index >= 15 is 0 Å². The molecular formula is C12H9N3O6S. The third-order valence-corrected chi connectivity index (χ3v) is 4.51. The van der Waals surface area contributed by atoms with Gasteiger partial charge in [0.1, 0.15) is 11.6 Å². The van der Waals surface area contributed by atoms with E-state index in [0.717, 1.165) is 4.90 Å². The first-order valence-corrected chi connectivity index (χ1v) is 7.27. The van der Waals surface area contributed by atoms with Gasteiger partial charge in [-0.3, -0.25) is 39.5 Å². The summed E-state index contributed by atoms with van der Waals surface area (Å²) in [6.45, 7) is 0. The fourth-order valence-electron chi connectivity index (χ4n) is 2.59. The third-order valence-electron chi connectivity index (χ3n) is 3.58. The zero-order chi connectivity index (χ0) is 16.0. The number of fused-ring (bicyclic) bond motifs is 1. The fraction of sp³-hybridized carbons (Fsp3) is 0.333. The second-order valence-electron chi connectivity index (χ2n) is 4.89. The molecular weight excluding hydrogens is 314 g/mol. The van der Waals surface area contributed by atoms with E-state index in [1.807, 2.05) is 0 Å². The molecule has 0 bridgehead atoms. The Hall–Kier alpha value is -2.62. The topological polar surface area (TPSA) is 127 Å². The van der Waals surface area contributed by atoms with Crippen molar-refractivity contribution in [3.63, 3.8) is 0 Å². The number of amides is 4. The van der Waals surface area contributed by atoms with E-state index < -0.39 is 39.6 Å². The van der Waals surface area contributed by atoms with Crippen LogP contribution in [0.4, 0.5) is 5.00 Å². The number of hydrogen-bond donors (Lipinski definition) is 1. The average Bonchev–Trinajstić information content (AvgIpc) is 2.92. The van der Waals surface area contributed by atoms with Gasteiger partial charge in [0.05, 0.1) is 10.5 Å². The highest BCUT2D eigenvalue weighted by Gasteiger charge is 2.48. The summed E-state index contributed by atoms with van der Waals surface area (Å²) in [7, 11) is 0. The van der Waals surface area contributed by atoms with Crippen LogP contribution in [0.3, 0.4) is 0 Å². The van der Waals surface area contributed by atoms with Gasteiger partial charge >= 0.3 is 5.00 Å². The Morgan fingerprint density at radius 3 is 2.68 bits per heavy atom. The smallest absolute Gasteiger partial charge is 0.295 e. The van der Waals surface area contributed by atoms with E-state index in [9.17, 15) is 29.3 Å². The highest BCUT2D eigenvalue weighted by Crippen LogP contribution is 2.38. The molecule has 3 rings (SSSR count). The lowest BCUT2D eigenvalue weighted by Crippen LogP contribution is -2.49. The van der Waals surface area contributed by atoms with Gasteiger partial charge in [-0.15, -0.1) is 0 Å². The van der Waals surface area contributed by atoms with Crippen LogP contribution >= 0.6 is 11.3 Å². The normalized spacial score (nSPS) is 21.6. The minimum Gasteiger partial charge on any atom is -0.295 e. The highest BCUT2D eigenvalue weighted by atomic mass is 32.1. The number of nitrogens with zero attached hydrogens (tertiary/aromatic N) is 2. The molecule has 114 valence electrons. The molecule has 1 saturated heterocycles. The first-order chi connectivity index (χ1) is 10.4. The maximum absolute atomic E-state index is 12.4. The van der Waals surface area contributed by atoms with Gasteiger partial charge < -0.3 is 0 Å². The lowest BCUT2D eigenvalue weighted by molar-refractivity contribution is -0.380. The van der Waals surface area contributed by atoms with Gasteiger partial charge in [0.15, 0.2) is 0 Å². The van der Waals surface area contributed by atoms with Gasteiger partial charge in [0, 0.05) is 11.8 Å². The summed E-state index contributed by atoms with van der Waals surface area (Å²) < 4.78 is 0. The summed E-state index contributed by atoms with van der Waals surface area (Å²) in [5, 5.41) is 13.9. The molecule has 22 heavy (non-hydrogen) atoms. The molecule has 10 heteroatoms. The first kappa shape index (κ1) is 14.3. The van der Waals surface area contributed by atoms with Crippen molar-refractivity contribution in [3.05, 3.63) is 26.6 Å². The average molecular weight is 323 g/mol. The van der Waals surface area contributed by atoms with Crippen LogP contribution in [0.5, 0.6) is 0 Å². The molecule has 0 aliphatic carbocycles. The Labute approximate surface area is 127 Å². The monoisotopic (exact) mass is 323 g/mol. The SMILES string of the molecule is O=C1CCCC(N2C(=O)c3csc([N+](=O)[O-])c3C2=O)C(=O)N1. The second-order valence-corrected chi connectivity index (χ2v) is 5.75. The Balaban J connectivity index is 1.98. The van der Waals surface area contributed by atoms with Crippen LogP contribution < -0.4 is 5.32 Å². The molecule has 0 aromatic carbocycles. The maximum atomic E-state index is 12.4. The fourth-order valence-corrected chi connectivity index (χ4v) is 3.44. The molecule has 1 N–H and O–H groups in total. The molecule has 1 unspecified atom stereocenters. The van der Waals surface area contributed by atoms with Gasteiger partial charge in [-0.1, -0.05) is 11.3 Å². The number of carbonyl (C=O) groups excluding carboxylic acids is 4. The third kappa shape index (κ3) is 1.99. The zero-order valence-corrected chi connectivity index (χ0v) is 11.8. The predicted molar refractivity (Wildman–Crippen MR) is 72.3 cm³/mol. The van der Waals surface area contributed by atoms with Crippen molar-refractivity contribution >= 4 is 40.0 Å². The van der Waals surface area contributed by atoms with Gasteiger partial charge in [-0.05, 0) is 12.8 Å². The van der Waals surface area contributed by atoms with Crippen molar-refractivity contribution in [1.82, 2.24) is 10.2 Å². The number of rotatable bonds is 2. The summed E-state index contributed by atoms with van der Waals surface area (Å²) in [5.41, 5.74) is -0.339. The number of nitro groups is 1. The first-order valence-electron chi connectivity index (χ1n) is 6.39. The van der Waals surface area contributed by atoms with Crippen LogP contribution in [-0.4, -0.2) is 39.5 Å². The summed E-state index contributed by atoms with van der Waals surface area (Å²) >= 11 is 0.700. The number of hydrogen-bond acceptors (Lipinski definition) is 7. The second kappa shape index (κ2) is 4.98. The lowest BCUT2D eigenvalue weighted by Gasteiger charge is -2.22. The molecule has 1 fully saturated rings. The van der Waals surface area contributed by atoms with Crippen molar-refractivity contribution in [2.24, 2.45) is 0 Å². The van der Waals surface area contributed by atoms with E-state index in [-0.39, 0.29) is 24.0 Å². The van der Waals surface area contributed by atoms with E-state index in [4.69, 9.17) is 0 Å². The molecule has 4 amide bonds. The van der Waals surface area contributed by atoms with E-state index in [2.05, 4.69) is 5.32 Å². The molecule has 0 spiro atoms. The Morgan fingerprint density at radius 1 is 1.27 bits per heavy atom. The number of imide groups is 2. The molecule has 9 nitrogen and oxygen atoms in total. The van der Waals surface area contributed by atoms with Crippen molar-refractivity contribution in [2.45, 2.75) is 25.3 Å². The zero-order valence-electron chi connectivity index (χ0n) is 11.0. The van der Waals surface area contributed by atoms with E-state index in [0.29, 0.717) is 17.8 Å². The van der Waals surface area contributed by atoms with Crippen LogP contribution in [0.1, 0.15) is 40.0 Å². The summed E-state index contributed by atoms with van der Waals surface area (Å²) in [5.74, 6) is -2.80. The molecule has 0 saturated carbocycles. The Morgan fingerprint density at radius 2 is 2.00 bits per heavy atom. The quantitative estimate of drug-likeness (QED) is 0.478. The Bertz CT molecular complexity index is 739. The molecule has 3 heterocycles. The van der Waals surface area contributed by atoms with Gasteiger partial charge in [0.25, 0.3) is 11.8 Å². The lowest BCUT2D eigenvalue weighted by atomic mass is 10.1. The minimum atomic E-state index is -1.12. The number of thiophene rings is 1. The maximum Gasteiger partial charge on any atom is 0.337 e. The van der Waals surface area contributed by atoms with Crippen molar-refractivity contribution in [1.29, 1.82) is 0 Å². The van der Waals surface area contributed by atoms with Crippen LogP contribution in [0.2, 0.25) is 0 Å². The molecule has 1 aromatic rings. The molecule has 1 aromatic heterocycles. The van der Waals surface area contributed by atoms with Gasteiger partial charge in [-0.2, -0.15) is 0 Å². The number of nitrogens with one attached hydrogen (secondary N) is 1. The van der Waals surface area contributed by atoms with Crippen molar-refractivity contribution in [3.8, 4) is 0 Å². The molecule has 2 aliphatic rings. The van der Waals surface area contributed by atoms with Crippen molar-refractivity contribution in [2.75, 3.05) is 0 Å². The van der Waals surface area contributed by atoms with Crippen molar-refractivity contribution < 1.29 is 24.1 Å². The van der Waals surface area contributed by atoms with Crippen LogP contribution in [0.15, 0.2) is 5.38 Å². The van der Waals surface area contributed by atoms with E-state index in [1.54, 1.807) is 0 Å². The van der Waals surface area contributed by atoms with Crippen LogP contribution in [0, 0.1) is 10.1 Å². The Kier molecular flexibility index (Phi) is 3.24. The highest BCUT2D eigenvalue weighted by molar-refractivity contribution is 7.14. The van der Waals surface area contributed by atoms with E-state index in [1.165, 1.54) is 5.38 Å². The van der Waals surface area contributed by atoms with Gasteiger partial charge in [-0.25, -0.2) is 0 Å². The van der Waals surface area contributed by atoms with Crippen LogP contribution in [0.25, 0.3) is 0 Å². The largest absolute Gasteiger partial charge is 0.337 e. The standard InChI is InChI=1S/C12H9N3O6S/c16-7-3-1-2-6(9(17)13-7)14-10(18)5-4-22-12(15(20)21)8(5)11(14)19/h4,6H,1-3H2,(H,13,16,17). The van der Waals surface area contributed by atoms with Crippen LogP contribution in [-0.2, 0) is 9.59 Å². The van der Waals surface area contributed by atoms with Gasteiger partial charge in [0.2, 0.25) is 11.8 Å². The summed E-state index contributed by atoms with van der Waals surface area (Å²) in [6.07, 6.45) is 0.616.